The molecule has 0 aliphatic carbocycles. The molecule has 2 aromatic rings. The Bertz CT molecular complexity index is 1070. The van der Waals surface area contributed by atoms with Crippen LogP contribution in [0.1, 0.15) is 42.6 Å². The lowest BCUT2D eigenvalue weighted by atomic mass is 10.2. The molecule has 0 saturated heterocycles. The number of alkyl halides is 3. The molecule has 0 fully saturated rings. The van der Waals surface area contributed by atoms with Crippen molar-refractivity contribution in [1.82, 2.24) is 26.1 Å². The van der Waals surface area contributed by atoms with Crippen molar-refractivity contribution in [2.45, 2.75) is 31.9 Å². The summed E-state index contributed by atoms with van der Waals surface area (Å²) in [5, 5.41) is 21.5. The van der Waals surface area contributed by atoms with E-state index in [9.17, 15) is 22.8 Å². The molecule has 0 spiro atoms. The molecule has 2 amide bonds. The van der Waals surface area contributed by atoms with Gasteiger partial charge in [-0.15, -0.1) is 0 Å². The fourth-order valence-corrected chi connectivity index (χ4v) is 2.81. The fourth-order valence-electron chi connectivity index (χ4n) is 2.81. The third kappa shape index (κ3) is 7.15. The molecule has 3 rings (SSSR count). The normalized spacial score (nSPS) is 13.1. The molecule has 0 radical (unpaired) electrons. The summed E-state index contributed by atoms with van der Waals surface area (Å²) in [7, 11) is 0. The van der Waals surface area contributed by atoms with Gasteiger partial charge in [0.1, 0.15) is 11.4 Å². The van der Waals surface area contributed by atoms with E-state index >= 15 is 0 Å². The second-order valence-corrected chi connectivity index (χ2v) is 7.10. The number of hydrogen-bond acceptors (Lipinski definition) is 8. The van der Waals surface area contributed by atoms with E-state index in [2.05, 4.69) is 41.7 Å². The first kappa shape index (κ1) is 24.4. The molecule has 0 bridgehead atoms. The monoisotopic (exact) mass is 478 g/mol. The first-order valence-electron chi connectivity index (χ1n) is 10.2. The zero-order chi connectivity index (χ0) is 24.6. The van der Waals surface area contributed by atoms with E-state index in [1.807, 2.05) is 0 Å². The molecule has 180 valence electrons. The van der Waals surface area contributed by atoms with Crippen LogP contribution in [0.15, 0.2) is 46.9 Å². The maximum Gasteiger partial charge on any atom is 0.417 e. The molecule has 0 aromatic carbocycles. The number of hydrazone groups is 2. The number of carbonyl (C=O) groups excluding carboxylic acids is 1. The first-order chi connectivity index (χ1) is 16.2. The topological polar surface area (TPSA) is 153 Å². The van der Waals surface area contributed by atoms with E-state index in [-0.39, 0.29) is 23.3 Å². The Morgan fingerprint density at radius 2 is 1.56 bits per heavy atom. The van der Waals surface area contributed by atoms with Crippen LogP contribution in [0.5, 0.6) is 0 Å². The number of amides is 2. The molecule has 11 nitrogen and oxygen atoms in total. The van der Waals surface area contributed by atoms with Gasteiger partial charge in [0.2, 0.25) is 5.91 Å². The molecule has 14 heteroatoms. The molecular weight excluding hydrogens is 457 g/mol. The second kappa shape index (κ2) is 11.1. The van der Waals surface area contributed by atoms with Crippen molar-refractivity contribution in [3.63, 3.8) is 0 Å². The third-order valence-corrected chi connectivity index (χ3v) is 4.53. The highest BCUT2D eigenvalue weighted by molar-refractivity contribution is 6.04. The van der Waals surface area contributed by atoms with Gasteiger partial charge in [-0.3, -0.25) is 25.6 Å². The Morgan fingerprint density at radius 3 is 2.06 bits per heavy atom. The molecule has 1 aliphatic heterocycles. The summed E-state index contributed by atoms with van der Waals surface area (Å²) in [5.41, 5.74) is 5.49. The van der Waals surface area contributed by atoms with Gasteiger partial charge in [0, 0.05) is 19.2 Å². The highest BCUT2D eigenvalue weighted by atomic mass is 19.4. The van der Waals surface area contributed by atoms with Crippen LogP contribution >= 0.6 is 0 Å². The van der Waals surface area contributed by atoms with Gasteiger partial charge >= 0.3 is 12.3 Å². The highest BCUT2D eigenvalue weighted by Crippen LogP contribution is 2.28. The van der Waals surface area contributed by atoms with Crippen LogP contribution in [0.3, 0.4) is 0 Å². The predicted octanol–water partition coefficient (Wildman–Crippen LogP) is 2.48. The minimum absolute atomic E-state index is 0.139. The van der Waals surface area contributed by atoms with Gasteiger partial charge in [-0.2, -0.15) is 23.4 Å². The SMILES string of the molecule is O=C(O)NCCCCCC(=O)Nc1ccc(C2=NNC(c3ccc(C(F)(F)F)cn3)=NN2)nc1. The van der Waals surface area contributed by atoms with Crippen LogP contribution in [0, 0.1) is 0 Å². The zero-order valence-electron chi connectivity index (χ0n) is 17.7. The molecule has 0 atom stereocenters. The van der Waals surface area contributed by atoms with Crippen LogP contribution in [-0.2, 0) is 11.0 Å². The van der Waals surface area contributed by atoms with E-state index in [1.165, 1.54) is 12.3 Å². The third-order valence-electron chi connectivity index (χ3n) is 4.53. The molecule has 2 aromatic heterocycles. The van der Waals surface area contributed by atoms with E-state index in [1.54, 1.807) is 12.1 Å². The van der Waals surface area contributed by atoms with Crippen LogP contribution in [-0.4, -0.2) is 45.3 Å². The number of anilines is 1. The number of nitrogens with zero attached hydrogens (tertiary/aromatic N) is 4. The van der Waals surface area contributed by atoms with Crippen LogP contribution in [0.4, 0.5) is 23.7 Å². The average Bonchev–Trinajstić information content (AvgIpc) is 2.81. The van der Waals surface area contributed by atoms with Crippen molar-refractivity contribution in [1.29, 1.82) is 0 Å². The summed E-state index contributed by atoms with van der Waals surface area (Å²) in [6, 6.07) is 5.33. The molecule has 34 heavy (non-hydrogen) atoms. The lowest BCUT2D eigenvalue weighted by Gasteiger charge is -2.15. The van der Waals surface area contributed by atoms with Crippen LogP contribution in [0.2, 0.25) is 0 Å². The number of rotatable bonds is 9. The molecule has 1 aliphatic rings. The average molecular weight is 478 g/mol. The minimum Gasteiger partial charge on any atom is -0.465 e. The van der Waals surface area contributed by atoms with Gasteiger partial charge in [0.25, 0.3) is 0 Å². The summed E-state index contributed by atoms with van der Waals surface area (Å²) >= 11 is 0. The summed E-state index contributed by atoms with van der Waals surface area (Å²) in [6.07, 6.45) is -1.10. The lowest BCUT2D eigenvalue weighted by molar-refractivity contribution is -0.137. The number of amidine groups is 2. The molecule has 5 N–H and O–H groups in total. The molecule has 0 saturated carbocycles. The number of nitrogens with one attached hydrogen (secondary N) is 4. The van der Waals surface area contributed by atoms with Crippen LogP contribution < -0.4 is 21.5 Å². The van der Waals surface area contributed by atoms with Gasteiger partial charge < -0.3 is 15.7 Å². The Labute approximate surface area is 191 Å². The number of carbonyl (C=O) groups is 2. The van der Waals surface area contributed by atoms with E-state index in [0.717, 1.165) is 6.07 Å². The Kier molecular flexibility index (Phi) is 7.95. The van der Waals surface area contributed by atoms with Gasteiger partial charge in [-0.25, -0.2) is 4.79 Å². The Balaban J connectivity index is 1.46. The first-order valence-corrected chi connectivity index (χ1v) is 10.2. The van der Waals surface area contributed by atoms with Gasteiger partial charge in [-0.05, 0) is 37.1 Å². The van der Waals surface area contributed by atoms with Crippen molar-refractivity contribution in [2.24, 2.45) is 10.2 Å². The minimum atomic E-state index is -4.48. The fraction of sp³-hybridized carbons (Fsp3) is 0.300. The van der Waals surface area contributed by atoms with Gasteiger partial charge in [0.15, 0.2) is 11.7 Å². The largest absolute Gasteiger partial charge is 0.465 e. The van der Waals surface area contributed by atoms with Crippen molar-refractivity contribution in [2.75, 3.05) is 11.9 Å². The molecular formula is C20H21F3N8O3. The van der Waals surface area contributed by atoms with E-state index < -0.39 is 17.8 Å². The van der Waals surface area contributed by atoms with E-state index in [4.69, 9.17) is 5.11 Å². The number of aromatic nitrogens is 2. The number of pyridine rings is 2. The smallest absolute Gasteiger partial charge is 0.417 e. The van der Waals surface area contributed by atoms with E-state index in [0.29, 0.717) is 49.8 Å². The van der Waals surface area contributed by atoms with Gasteiger partial charge in [0.05, 0.1) is 17.4 Å². The van der Waals surface area contributed by atoms with Crippen LogP contribution in [0.25, 0.3) is 0 Å². The summed E-state index contributed by atoms with van der Waals surface area (Å²) < 4.78 is 37.9. The maximum atomic E-state index is 12.6. The summed E-state index contributed by atoms with van der Waals surface area (Å²) in [6.45, 7) is 0.349. The molecule has 0 unspecified atom stereocenters. The second-order valence-electron chi connectivity index (χ2n) is 7.10. The van der Waals surface area contributed by atoms with Crippen molar-refractivity contribution >= 4 is 29.4 Å². The number of hydrogen-bond donors (Lipinski definition) is 5. The Morgan fingerprint density at radius 1 is 0.912 bits per heavy atom. The Hall–Kier alpha value is -4.23. The predicted molar refractivity (Wildman–Crippen MR) is 116 cm³/mol. The van der Waals surface area contributed by atoms with Crippen molar-refractivity contribution in [3.05, 3.63) is 53.6 Å². The number of carboxylic acid groups (broad SMARTS) is 1. The molecule has 3 heterocycles. The lowest BCUT2D eigenvalue weighted by Crippen LogP contribution is -2.35. The maximum absolute atomic E-state index is 12.6. The number of unbranched alkanes of at least 4 members (excludes halogenated alkanes) is 2. The van der Waals surface area contributed by atoms with Crippen molar-refractivity contribution in [3.8, 4) is 0 Å². The highest BCUT2D eigenvalue weighted by Gasteiger charge is 2.31. The zero-order valence-corrected chi connectivity index (χ0v) is 17.7. The number of halogens is 3. The van der Waals surface area contributed by atoms with Gasteiger partial charge in [-0.1, -0.05) is 6.42 Å². The standard InChI is InChI=1S/C20H21F3N8O3/c21-20(22,23)12-5-7-14(25-10-12)17-28-30-18(31-29-17)15-8-6-13(11-26-15)27-16(32)4-2-1-3-9-24-19(33)34/h5-8,10-11,24H,1-4,9H2,(H,27,32)(H,28,29)(H,30,31)(H,33,34). The van der Waals surface area contributed by atoms with Crippen molar-refractivity contribution < 1.29 is 27.9 Å². The quantitative estimate of drug-likeness (QED) is 0.347. The summed E-state index contributed by atoms with van der Waals surface area (Å²) in [4.78, 5) is 30.3. The summed E-state index contributed by atoms with van der Waals surface area (Å²) in [5.74, 6) is 0.220.